The number of hydrogen-bond acceptors (Lipinski definition) is 6. The molecule has 1 aromatic carbocycles. The van der Waals surface area contributed by atoms with Crippen molar-refractivity contribution in [1.29, 1.82) is 0 Å². The van der Waals surface area contributed by atoms with E-state index in [0.29, 0.717) is 22.6 Å². The Labute approximate surface area is 151 Å². The molecule has 0 radical (unpaired) electrons. The van der Waals surface area contributed by atoms with Gasteiger partial charge in [0, 0.05) is 3.57 Å². The molecule has 2 heterocycles. The first kappa shape index (κ1) is 16.4. The molecular weight excluding hydrogens is 424 g/mol. The molecule has 122 valence electrons. The number of nitrogens with zero attached hydrogens (tertiary/aromatic N) is 3. The lowest BCUT2D eigenvalue weighted by Crippen LogP contribution is -1.99. The minimum absolute atomic E-state index is 0.0508. The molecule has 0 aliphatic heterocycles. The number of aromatic nitrogens is 3. The maximum absolute atomic E-state index is 14.1. The van der Waals surface area contributed by atoms with Gasteiger partial charge in [-0.05, 0) is 59.4 Å². The van der Waals surface area contributed by atoms with E-state index in [1.54, 1.807) is 24.4 Å². The van der Waals surface area contributed by atoms with Gasteiger partial charge in [0.05, 0.1) is 28.8 Å². The monoisotopic (exact) mass is 437 g/mol. The number of anilines is 3. The average molecular weight is 437 g/mol. The summed E-state index contributed by atoms with van der Waals surface area (Å²) >= 11 is 2.05. The van der Waals surface area contributed by atoms with Crippen molar-refractivity contribution in [2.24, 2.45) is 0 Å². The zero-order chi connectivity index (χ0) is 17.3. The van der Waals surface area contributed by atoms with E-state index in [0.717, 1.165) is 9.14 Å². The molecule has 8 heteroatoms. The first-order valence-corrected chi connectivity index (χ1v) is 7.99. The topological polar surface area (TPSA) is 89.9 Å². The van der Waals surface area contributed by atoms with Gasteiger partial charge in [0.2, 0.25) is 0 Å². The Kier molecular flexibility index (Phi) is 4.47. The maximum Gasteiger partial charge on any atom is 0.313 e. The smallest absolute Gasteiger partial charge is 0.313 e. The molecule has 0 amide bonds. The Balaban J connectivity index is 2.08. The van der Waals surface area contributed by atoms with Crippen LogP contribution >= 0.6 is 22.6 Å². The van der Waals surface area contributed by atoms with Crippen molar-refractivity contribution in [1.82, 2.24) is 15.2 Å². The van der Waals surface area contributed by atoms with E-state index in [-0.39, 0.29) is 17.7 Å². The third-order valence-electron chi connectivity index (χ3n) is 3.21. The molecule has 6 nitrogen and oxygen atoms in total. The standard InChI is InChI=1S/C16H13FIN5O/c1-8(2)13-6-10(15-22-23-16(19)24-15)14(7-20-13)21-12-4-3-9(18)5-11(12)17/h3-7,21H,1H2,2H3,(H2,19,23). The van der Waals surface area contributed by atoms with Crippen molar-refractivity contribution < 1.29 is 8.81 Å². The van der Waals surface area contributed by atoms with Gasteiger partial charge in [0.1, 0.15) is 5.82 Å². The van der Waals surface area contributed by atoms with E-state index in [1.165, 1.54) is 6.07 Å². The summed E-state index contributed by atoms with van der Waals surface area (Å²) in [6, 6.07) is 6.57. The Hall–Kier alpha value is -2.49. The van der Waals surface area contributed by atoms with Crippen LogP contribution in [0.25, 0.3) is 17.0 Å². The minimum Gasteiger partial charge on any atom is -0.403 e. The normalized spacial score (nSPS) is 10.6. The maximum atomic E-state index is 14.1. The molecule has 0 spiro atoms. The van der Waals surface area contributed by atoms with E-state index < -0.39 is 0 Å². The van der Waals surface area contributed by atoms with E-state index >= 15 is 0 Å². The van der Waals surface area contributed by atoms with Gasteiger partial charge in [-0.2, -0.15) is 0 Å². The summed E-state index contributed by atoms with van der Waals surface area (Å²) in [5, 5.41) is 10.6. The fraction of sp³-hybridized carbons (Fsp3) is 0.0625. The van der Waals surface area contributed by atoms with Gasteiger partial charge in [0.25, 0.3) is 5.89 Å². The highest BCUT2D eigenvalue weighted by atomic mass is 127. The van der Waals surface area contributed by atoms with Crippen molar-refractivity contribution in [3.05, 3.63) is 52.1 Å². The molecule has 0 unspecified atom stereocenters. The molecule has 2 aromatic heterocycles. The molecule has 3 N–H and O–H groups in total. The fourth-order valence-electron chi connectivity index (χ4n) is 2.04. The van der Waals surface area contributed by atoms with Crippen LogP contribution in [0, 0.1) is 9.39 Å². The zero-order valence-corrected chi connectivity index (χ0v) is 14.8. The molecule has 3 rings (SSSR count). The largest absolute Gasteiger partial charge is 0.403 e. The molecular formula is C16H13FIN5O. The number of pyridine rings is 1. The lowest BCUT2D eigenvalue weighted by Gasteiger charge is -2.12. The van der Waals surface area contributed by atoms with Gasteiger partial charge >= 0.3 is 6.01 Å². The average Bonchev–Trinajstić information content (AvgIpc) is 2.96. The second-order valence-electron chi connectivity index (χ2n) is 5.09. The highest BCUT2D eigenvalue weighted by Gasteiger charge is 2.15. The summed E-state index contributed by atoms with van der Waals surface area (Å²) in [7, 11) is 0. The van der Waals surface area contributed by atoms with Crippen molar-refractivity contribution >= 4 is 45.6 Å². The van der Waals surface area contributed by atoms with Crippen molar-refractivity contribution in [2.45, 2.75) is 6.92 Å². The number of nitrogens with two attached hydrogens (primary N) is 1. The third-order valence-corrected chi connectivity index (χ3v) is 3.88. The molecule has 0 saturated heterocycles. The second kappa shape index (κ2) is 6.56. The van der Waals surface area contributed by atoms with Gasteiger partial charge in [-0.1, -0.05) is 11.7 Å². The summed E-state index contributed by atoms with van der Waals surface area (Å²) in [6.07, 6.45) is 1.57. The molecule has 0 saturated carbocycles. The van der Waals surface area contributed by atoms with E-state index in [9.17, 15) is 4.39 Å². The minimum atomic E-state index is -0.373. The molecule has 0 atom stereocenters. The number of allylic oxidation sites excluding steroid dienone is 1. The van der Waals surface area contributed by atoms with Crippen molar-refractivity contribution in [3.63, 3.8) is 0 Å². The molecule has 3 aromatic rings. The van der Waals surface area contributed by atoms with Crippen molar-refractivity contribution in [3.8, 4) is 11.5 Å². The third kappa shape index (κ3) is 3.37. The Bertz CT molecular complexity index is 925. The second-order valence-corrected chi connectivity index (χ2v) is 6.34. The van der Waals surface area contributed by atoms with Crippen LogP contribution in [0.5, 0.6) is 0 Å². The molecule has 0 aliphatic rings. The van der Waals surface area contributed by atoms with Gasteiger partial charge in [-0.3, -0.25) is 4.98 Å². The number of nitrogens with one attached hydrogen (secondary N) is 1. The van der Waals surface area contributed by atoms with E-state index in [2.05, 4.69) is 27.1 Å². The first-order chi connectivity index (χ1) is 11.4. The predicted molar refractivity (Wildman–Crippen MR) is 99.0 cm³/mol. The van der Waals surface area contributed by atoms with Gasteiger partial charge in [0.15, 0.2) is 0 Å². The summed E-state index contributed by atoms with van der Waals surface area (Å²) in [4.78, 5) is 4.31. The molecule has 0 bridgehead atoms. The van der Waals surface area contributed by atoms with Gasteiger partial charge in [-0.15, -0.1) is 5.10 Å². The Morgan fingerprint density at radius 2 is 2.08 bits per heavy atom. The number of halogens is 2. The SMILES string of the molecule is C=C(C)c1cc(-c2nnc(N)o2)c(Nc2ccc(I)cc2F)cn1. The van der Waals surface area contributed by atoms with Crippen LogP contribution in [0.4, 0.5) is 21.8 Å². The number of benzene rings is 1. The quantitative estimate of drug-likeness (QED) is 0.594. The van der Waals surface area contributed by atoms with Crippen LogP contribution in [-0.4, -0.2) is 15.2 Å². The fourth-order valence-corrected chi connectivity index (χ4v) is 2.50. The van der Waals surface area contributed by atoms with E-state index in [4.69, 9.17) is 10.2 Å². The lowest BCUT2D eigenvalue weighted by molar-refractivity contribution is 0.590. The highest BCUT2D eigenvalue weighted by molar-refractivity contribution is 14.1. The van der Waals surface area contributed by atoms with E-state index in [1.807, 2.05) is 29.5 Å². The van der Waals surface area contributed by atoms with Crippen LogP contribution in [0.2, 0.25) is 0 Å². The lowest BCUT2D eigenvalue weighted by atomic mass is 10.1. The van der Waals surface area contributed by atoms with Gasteiger partial charge < -0.3 is 15.5 Å². The summed E-state index contributed by atoms with van der Waals surface area (Å²) in [5.41, 5.74) is 8.33. The predicted octanol–water partition coefficient (Wildman–Crippen LogP) is 4.23. The van der Waals surface area contributed by atoms with Crippen LogP contribution in [0.1, 0.15) is 12.6 Å². The number of nitrogen functional groups attached to an aromatic ring is 1. The van der Waals surface area contributed by atoms with Crippen LogP contribution < -0.4 is 11.1 Å². The van der Waals surface area contributed by atoms with Crippen LogP contribution in [-0.2, 0) is 0 Å². The van der Waals surface area contributed by atoms with Gasteiger partial charge in [-0.25, -0.2) is 4.39 Å². The molecule has 24 heavy (non-hydrogen) atoms. The highest BCUT2D eigenvalue weighted by Crippen LogP contribution is 2.32. The molecule has 0 fully saturated rings. The number of hydrogen-bond donors (Lipinski definition) is 2. The summed E-state index contributed by atoms with van der Waals surface area (Å²) in [5.74, 6) is -0.160. The Morgan fingerprint density at radius 3 is 2.71 bits per heavy atom. The number of rotatable bonds is 4. The summed E-state index contributed by atoms with van der Waals surface area (Å²) in [6.45, 7) is 5.70. The zero-order valence-electron chi connectivity index (χ0n) is 12.7. The molecule has 0 aliphatic carbocycles. The van der Waals surface area contributed by atoms with Crippen molar-refractivity contribution in [2.75, 3.05) is 11.1 Å². The first-order valence-electron chi connectivity index (χ1n) is 6.91. The van der Waals surface area contributed by atoms with Crippen LogP contribution in [0.15, 0.2) is 41.5 Å². The van der Waals surface area contributed by atoms with Crippen LogP contribution in [0.3, 0.4) is 0 Å². The Morgan fingerprint density at radius 1 is 1.29 bits per heavy atom. The summed E-state index contributed by atoms with van der Waals surface area (Å²) < 4.78 is 20.2.